The fourth-order valence-electron chi connectivity index (χ4n) is 11.3. The van der Waals surface area contributed by atoms with Crippen molar-refractivity contribution in [3.05, 3.63) is 265 Å². The summed E-state index contributed by atoms with van der Waals surface area (Å²) in [6, 6.07) is 87.6. The van der Waals surface area contributed by atoms with Crippen LogP contribution in [0.1, 0.15) is 22.3 Å². The zero-order chi connectivity index (χ0) is 44.8. The summed E-state index contributed by atoms with van der Waals surface area (Å²) in [4.78, 5) is 11.0. The average Bonchev–Trinajstić information content (AvgIpc) is 4.05. The molecule has 3 nitrogen and oxygen atoms in total. The second-order valence-electron chi connectivity index (χ2n) is 18.0. The van der Waals surface area contributed by atoms with Crippen molar-refractivity contribution in [2.75, 3.05) is 0 Å². The van der Waals surface area contributed by atoms with Gasteiger partial charge in [0.25, 0.3) is 0 Å². The van der Waals surface area contributed by atoms with Gasteiger partial charge in [-0.05, 0) is 120 Å². The van der Waals surface area contributed by atoms with Crippen LogP contribution in [-0.2, 0) is 5.41 Å². The molecule has 1 spiro atoms. The van der Waals surface area contributed by atoms with E-state index in [1.165, 1.54) is 55.6 Å². The highest BCUT2D eigenvalue weighted by Crippen LogP contribution is 2.64. The van der Waals surface area contributed by atoms with Crippen molar-refractivity contribution < 1.29 is 4.42 Å². The minimum atomic E-state index is -0.539. The molecule has 0 unspecified atom stereocenters. The first kappa shape index (κ1) is 38.4. The Labute approximate surface area is 394 Å². The summed E-state index contributed by atoms with van der Waals surface area (Å²) in [7, 11) is 0. The van der Waals surface area contributed by atoms with Gasteiger partial charge in [-0.15, -0.1) is 0 Å². The molecule has 0 aliphatic heterocycles. The van der Waals surface area contributed by atoms with Crippen LogP contribution in [0.25, 0.3) is 111 Å². The van der Waals surface area contributed by atoms with Gasteiger partial charge in [0.05, 0.1) is 16.8 Å². The zero-order valence-electron chi connectivity index (χ0n) is 36.9. The van der Waals surface area contributed by atoms with E-state index >= 15 is 0 Å². The van der Waals surface area contributed by atoms with Gasteiger partial charge in [0, 0.05) is 27.5 Å². The summed E-state index contributed by atoms with van der Waals surface area (Å²) in [6.07, 6.45) is 0. The Hall–Kier alpha value is -8.92. The van der Waals surface area contributed by atoms with E-state index in [1.54, 1.807) is 0 Å². The lowest BCUT2D eigenvalue weighted by molar-refractivity contribution is 0.669. The van der Waals surface area contributed by atoms with E-state index in [0.717, 1.165) is 72.3 Å². The summed E-state index contributed by atoms with van der Waals surface area (Å²) >= 11 is 0. The van der Waals surface area contributed by atoms with Gasteiger partial charge >= 0.3 is 0 Å². The van der Waals surface area contributed by atoms with E-state index in [2.05, 4.69) is 224 Å². The lowest BCUT2D eigenvalue weighted by Gasteiger charge is -2.32. The molecule has 0 radical (unpaired) electrons. The normalized spacial score (nSPS) is 12.8. The van der Waals surface area contributed by atoms with Crippen molar-refractivity contribution in [3.8, 4) is 89.5 Å². The molecule has 68 heavy (non-hydrogen) atoms. The van der Waals surface area contributed by atoms with Gasteiger partial charge < -0.3 is 4.42 Å². The molecule has 0 N–H and O–H groups in total. The molecule has 10 aromatic carbocycles. The quantitative estimate of drug-likeness (QED) is 0.167. The number of benzene rings is 10. The molecule has 14 rings (SSSR count). The summed E-state index contributed by atoms with van der Waals surface area (Å²) in [5.41, 5.74) is 23.0. The topological polar surface area (TPSA) is 38.9 Å². The van der Waals surface area contributed by atoms with Gasteiger partial charge in [0.15, 0.2) is 5.82 Å². The standard InChI is InChI=1S/C65H40N2O/c1-3-16-41(17-4-1)42-30-32-43(33-31-42)46-36-47(45-34-35-62-55(39-45)52-23-10-14-29-61(52)68-62)38-48(37-46)59-40-60(67-64(66-59)44-18-5-2-6-19-44)54-25-15-24-53-51-22-9-13-28-58(51)65(63(53)54)56-26-11-7-20-49(56)50-21-8-12-27-57(50)65/h1-40H. The highest BCUT2D eigenvalue weighted by Gasteiger charge is 2.52. The smallest absolute Gasteiger partial charge is 0.160 e. The van der Waals surface area contributed by atoms with Crippen molar-refractivity contribution in [3.63, 3.8) is 0 Å². The predicted molar refractivity (Wildman–Crippen MR) is 278 cm³/mol. The Morgan fingerprint density at radius 1 is 0.279 bits per heavy atom. The Morgan fingerprint density at radius 3 is 1.44 bits per heavy atom. The molecule has 0 saturated carbocycles. The maximum atomic E-state index is 6.30. The number of hydrogen-bond donors (Lipinski definition) is 0. The van der Waals surface area contributed by atoms with Crippen LogP contribution in [0.4, 0.5) is 0 Å². The fraction of sp³-hybridized carbons (Fsp3) is 0.0154. The molecule has 316 valence electrons. The number of rotatable bonds is 6. The molecule has 2 aromatic heterocycles. The monoisotopic (exact) mass is 864 g/mol. The molecule has 12 aromatic rings. The van der Waals surface area contributed by atoms with Gasteiger partial charge in [-0.1, -0.05) is 200 Å². The molecule has 0 bridgehead atoms. The summed E-state index contributed by atoms with van der Waals surface area (Å²) in [6.45, 7) is 0. The number of para-hydroxylation sites is 1. The third kappa shape index (κ3) is 5.79. The van der Waals surface area contributed by atoms with Crippen LogP contribution in [0.5, 0.6) is 0 Å². The van der Waals surface area contributed by atoms with Crippen molar-refractivity contribution in [1.82, 2.24) is 9.97 Å². The highest BCUT2D eigenvalue weighted by molar-refractivity contribution is 6.06. The number of aromatic nitrogens is 2. The molecular weight excluding hydrogens is 825 g/mol. The second-order valence-corrected chi connectivity index (χ2v) is 18.0. The number of furan rings is 1. The van der Waals surface area contributed by atoms with Gasteiger partial charge in [-0.3, -0.25) is 0 Å². The molecule has 0 saturated heterocycles. The van der Waals surface area contributed by atoms with Crippen molar-refractivity contribution in [2.24, 2.45) is 0 Å². The number of hydrogen-bond acceptors (Lipinski definition) is 3. The summed E-state index contributed by atoms with van der Waals surface area (Å²) in [5.74, 6) is 0.679. The van der Waals surface area contributed by atoms with E-state index in [1.807, 2.05) is 18.2 Å². The average molecular weight is 865 g/mol. The zero-order valence-corrected chi connectivity index (χ0v) is 36.9. The van der Waals surface area contributed by atoms with Gasteiger partial charge in [-0.25, -0.2) is 9.97 Å². The molecule has 0 amide bonds. The Balaban J connectivity index is 1.01. The lowest BCUT2D eigenvalue weighted by atomic mass is 9.69. The van der Waals surface area contributed by atoms with Crippen LogP contribution in [-0.4, -0.2) is 9.97 Å². The highest BCUT2D eigenvalue weighted by atomic mass is 16.3. The van der Waals surface area contributed by atoms with E-state index in [9.17, 15) is 0 Å². The number of nitrogens with zero attached hydrogens (tertiary/aromatic N) is 2. The largest absolute Gasteiger partial charge is 0.456 e. The summed E-state index contributed by atoms with van der Waals surface area (Å²) in [5, 5.41) is 2.20. The maximum absolute atomic E-state index is 6.30. The summed E-state index contributed by atoms with van der Waals surface area (Å²) < 4.78 is 6.30. The molecule has 2 heterocycles. The Bertz CT molecular complexity index is 3900. The Kier molecular flexibility index (Phi) is 8.50. The van der Waals surface area contributed by atoms with Gasteiger partial charge in [0.1, 0.15) is 11.2 Å². The molecular formula is C65H40N2O. The van der Waals surface area contributed by atoms with Crippen LogP contribution in [0.15, 0.2) is 247 Å². The predicted octanol–water partition coefficient (Wildman–Crippen LogP) is 16.7. The molecule has 3 heteroatoms. The van der Waals surface area contributed by atoms with E-state index in [0.29, 0.717) is 5.82 Å². The van der Waals surface area contributed by atoms with Crippen LogP contribution in [0.3, 0.4) is 0 Å². The SMILES string of the molecule is c1ccc(-c2ccc(-c3cc(-c4ccc5oc6ccccc6c5c4)cc(-c4cc(-c5cccc6c5C5(c7ccccc7-c7ccccc75)c5ccccc5-6)nc(-c5ccccc5)n4)c3)cc2)cc1. The van der Waals surface area contributed by atoms with Gasteiger partial charge in [-0.2, -0.15) is 0 Å². The lowest BCUT2D eigenvalue weighted by Crippen LogP contribution is -2.26. The molecule has 2 aliphatic rings. The third-order valence-electron chi connectivity index (χ3n) is 14.3. The van der Waals surface area contributed by atoms with Gasteiger partial charge in [0.2, 0.25) is 0 Å². The van der Waals surface area contributed by atoms with E-state index in [-0.39, 0.29) is 0 Å². The van der Waals surface area contributed by atoms with Crippen molar-refractivity contribution in [2.45, 2.75) is 5.41 Å². The van der Waals surface area contributed by atoms with E-state index < -0.39 is 5.41 Å². The minimum Gasteiger partial charge on any atom is -0.456 e. The van der Waals surface area contributed by atoms with Crippen LogP contribution >= 0.6 is 0 Å². The van der Waals surface area contributed by atoms with E-state index in [4.69, 9.17) is 14.4 Å². The minimum absolute atomic E-state index is 0.539. The van der Waals surface area contributed by atoms with Crippen molar-refractivity contribution in [1.29, 1.82) is 0 Å². The van der Waals surface area contributed by atoms with Crippen LogP contribution < -0.4 is 0 Å². The van der Waals surface area contributed by atoms with Crippen LogP contribution in [0, 0.1) is 0 Å². The first-order valence-electron chi connectivity index (χ1n) is 23.3. The Morgan fingerprint density at radius 2 is 0.750 bits per heavy atom. The second kappa shape index (κ2) is 15.1. The third-order valence-corrected chi connectivity index (χ3v) is 14.3. The first-order valence-corrected chi connectivity index (χ1v) is 23.3. The van der Waals surface area contributed by atoms with Crippen LogP contribution in [0.2, 0.25) is 0 Å². The first-order chi connectivity index (χ1) is 33.7. The maximum Gasteiger partial charge on any atom is 0.160 e. The molecule has 0 fully saturated rings. The van der Waals surface area contributed by atoms with Crippen molar-refractivity contribution >= 4 is 21.9 Å². The number of fused-ring (bicyclic) bond motifs is 13. The molecule has 0 atom stereocenters. The molecule has 2 aliphatic carbocycles. The fourth-order valence-corrected chi connectivity index (χ4v) is 11.3.